The molecule has 0 radical (unpaired) electrons. The smallest absolute Gasteiger partial charge is 0.232 e. The van der Waals surface area contributed by atoms with Crippen molar-refractivity contribution in [1.29, 1.82) is 0 Å². The van der Waals surface area contributed by atoms with Crippen LogP contribution in [0.2, 0.25) is 0 Å². The Bertz CT molecular complexity index is 621. The molecule has 0 atom stereocenters. The summed E-state index contributed by atoms with van der Waals surface area (Å²) in [5, 5.41) is 8.79. The van der Waals surface area contributed by atoms with Gasteiger partial charge in [-0.1, -0.05) is 23.9 Å². The zero-order chi connectivity index (χ0) is 14.7. The second kappa shape index (κ2) is 6.09. The van der Waals surface area contributed by atoms with Gasteiger partial charge in [-0.15, -0.1) is 10.2 Å². The van der Waals surface area contributed by atoms with Gasteiger partial charge in [0.05, 0.1) is 11.4 Å². The lowest BCUT2D eigenvalue weighted by molar-refractivity contribution is -0.125. The van der Waals surface area contributed by atoms with Crippen molar-refractivity contribution < 1.29 is 4.79 Å². The van der Waals surface area contributed by atoms with E-state index in [2.05, 4.69) is 35.3 Å². The van der Waals surface area contributed by atoms with Crippen molar-refractivity contribution in [2.24, 2.45) is 0 Å². The molecule has 1 aromatic carbocycles. The number of aromatic nitrogens is 3. The molecular formula is C14H18N4OS. The van der Waals surface area contributed by atoms with E-state index in [0.29, 0.717) is 5.75 Å². The van der Waals surface area contributed by atoms with Crippen LogP contribution in [0.15, 0.2) is 29.7 Å². The molecule has 6 heteroatoms. The van der Waals surface area contributed by atoms with Crippen molar-refractivity contribution in [2.45, 2.75) is 19.0 Å². The van der Waals surface area contributed by atoms with Crippen LogP contribution in [0.5, 0.6) is 0 Å². The van der Waals surface area contributed by atoms with Crippen molar-refractivity contribution >= 4 is 17.7 Å². The van der Waals surface area contributed by atoms with Crippen LogP contribution >= 0.6 is 11.8 Å². The largest absolute Gasteiger partial charge is 0.348 e. The molecule has 0 aliphatic heterocycles. The Balaban J connectivity index is 2.24. The van der Waals surface area contributed by atoms with Gasteiger partial charge in [0.25, 0.3) is 0 Å². The molecular weight excluding hydrogens is 272 g/mol. The first-order chi connectivity index (χ1) is 9.49. The number of carbonyl (C=O) groups excluding carboxylic acids is 1. The zero-order valence-corrected chi connectivity index (χ0v) is 12.9. The number of benzene rings is 1. The van der Waals surface area contributed by atoms with Crippen LogP contribution in [0, 0.1) is 13.8 Å². The van der Waals surface area contributed by atoms with Gasteiger partial charge < -0.3 is 4.90 Å². The quantitative estimate of drug-likeness (QED) is 0.809. The van der Waals surface area contributed by atoms with Gasteiger partial charge in [-0.25, -0.2) is 0 Å². The molecule has 0 bridgehead atoms. The Morgan fingerprint density at radius 1 is 1.35 bits per heavy atom. The van der Waals surface area contributed by atoms with Gasteiger partial charge in [-0.3, -0.25) is 9.36 Å². The van der Waals surface area contributed by atoms with E-state index in [-0.39, 0.29) is 5.91 Å². The van der Waals surface area contributed by atoms with Gasteiger partial charge in [0.1, 0.15) is 6.33 Å². The van der Waals surface area contributed by atoms with E-state index < -0.39 is 0 Å². The molecule has 2 rings (SSSR count). The molecule has 2 aromatic rings. The van der Waals surface area contributed by atoms with Crippen LogP contribution < -0.4 is 0 Å². The molecule has 1 heterocycles. The average Bonchev–Trinajstić information content (AvgIpc) is 2.86. The highest BCUT2D eigenvalue weighted by atomic mass is 32.2. The van der Waals surface area contributed by atoms with E-state index >= 15 is 0 Å². The van der Waals surface area contributed by atoms with E-state index in [9.17, 15) is 4.79 Å². The number of rotatable bonds is 4. The predicted octanol–water partition coefficient (Wildman–Crippen LogP) is 2.06. The molecule has 0 aliphatic rings. The SMILES string of the molecule is Cc1ccc(C)c(-n2cnnc2SCC(=O)N(C)C)c1. The number of nitrogens with zero attached hydrogens (tertiary/aromatic N) is 4. The summed E-state index contributed by atoms with van der Waals surface area (Å²) in [6, 6.07) is 6.24. The summed E-state index contributed by atoms with van der Waals surface area (Å²) in [6.45, 7) is 4.10. The molecule has 0 N–H and O–H groups in total. The maximum atomic E-state index is 11.7. The van der Waals surface area contributed by atoms with Crippen LogP contribution in [0.1, 0.15) is 11.1 Å². The summed E-state index contributed by atoms with van der Waals surface area (Å²) in [5.41, 5.74) is 3.38. The standard InChI is InChI=1S/C14H18N4OS/c1-10-5-6-11(2)12(7-10)18-9-15-16-14(18)20-8-13(19)17(3)4/h5-7,9H,8H2,1-4H3. The van der Waals surface area contributed by atoms with Gasteiger partial charge in [0, 0.05) is 14.1 Å². The fraction of sp³-hybridized carbons (Fsp3) is 0.357. The van der Waals surface area contributed by atoms with Crippen molar-refractivity contribution in [2.75, 3.05) is 19.8 Å². The van der Waals surface area contributed by atoms with Crippen LogP contribution in [-0.2, 0) is 4.79 Å². The number of thioether (sulfide) groups is 1. The van der Waals surface area contributed by atoms with Gasteiger partial charge in [-0.2, -0.15) is 0 Å². The third-order valence-electron chi connectivity index (χ3n) is 2.96. The highest BCUT2D eigenvalue weighted by Crippen LogP contribution is 2.22. The Hall–Kier alpha value is -1.82. The first kappa shape index (κ1) is 14.6. The van der Waals surface area contributed by atoms with Crippen LogP contribution in [0.4, 0.5) is 0 Å². The average molecular weight is 290 g/mol. The molecule has 5 nitrogen and oxygen atoms in total. The summed E-state index contributed by atoms with van der Waals surface area (Å²) < 4.78 is 1.93. The summed E-state index contributed by atoms with van der Waals surface area (Å²) in [7, 11) is 3.50. The highest BCUT2D eigenvalue weighted by molar-refractivity contribution is 7.99. The van der Waals surface area contributed by atoms with Gasteiger partial charge in [0.15, 0.2) is 5.16 Å². The third-order valence-corrected chi connectivity index (χ3v) is 3.89. The maximum absolute atomic E-state index is 11.7. The van der Waals surface area contributed by atoms with Gasteiger partial charge in [0.2, 0.25) is 5.91 Å². The van der Waals surface area contributed by atoms with E-state index in [0.717, 1.165) is 16.4 Å². The van der Waals surface area contributed by atoms with E-state index in [4.69, 9.17) is 0 Å². The topological polar surface area (TPSA) is 51.0 Å². The van der Waals surface area contributed by atoms with Crippen LogP contribution in [-0.4, -0.2) is 45.4 Å². The Morgan fingerprint density at radius 2 is 2.10 bits per heavy atom. The Labute approximate surface area is 123 Å². The molecule has 20 heavy (non-hydrogen) atoms. The van der Waals surface area contributed by atoms with E-state index in [1.54, 1.807) is 25.3 Å². The summed E-state index contributed by atoms with van der Waals surface area (Å²) in [4.78, 5) is 13.2. The van der Waals surface area contributed by atoms with Gasteiger partial charge >= 0.3 is 0 Å². The molecule has 0 unspecified atom stereocenters. The first-order valence-electron chi connectivity index (χ1n) is 6.29. The summed E-state index contributed by atoms with van der Waals surface area (Å²) >= 11 is 1.40. The van der Waals surface area contributed by atoms with Crippen molar-refractivity contribution in [3.05, 3.63) is 35.7 Å². The minimum absolute atomic E-state index is 0.0607. The summed E-state index contributed by atoms with van der Waals surface area (Å²) in [5.74, 6) is 0.418. The number of hydrogen-bond donors (Lipinski definition) is 0. The Kier molecular flexibility index (Phi) is 4.44. The van der Waals surface area contributed by atoms with E-state index in [1.165, 1.54) is 17.3 Å². The predicted molar refractivity (Wildman–Crippen MR) is 80.3 cm³/mol. The highest BCUT2D eigenvalue weighted by Gasteiger charge is 2.12. The monoisotopic (exact) mass is 290 g/mol. The number of amides is 1. The molecule has 106 valence electrons. The lowest BCUT2D eigenvalue weighted by atomic mass is 10.1. The second-order valence-corrected chi connectivity index (χ2v) is 5.79. The minimum atomic E-state index is 0.0607. The van der Waals surface area contributed by atoms with Crippen LogP contribution in [0.3, 0.4) is 0 Å². The molecule has 0 aliphatic carbocycles. The molecule has 0 saturated carbocycles. The van der Waals surface area contributed by atoms with Gasteiger partial charge in [-0.05, 0) is 31.0 Å². The maximum Gasteiger partial charge on any atom is 0.232 e. The fourth-order valence-corrected chi connectivity index (χ4v) is 2.62. The first-order valence-corrected chi connectivity index (χ1v) is 7.28. The molecule has 0 spiro atoms. The van der Waals surface area contributed by atoms with Crippen molar-refractivity contribution in [1.82, 2.24) is 19.7 Å². The number of hydrogen-bond acceptors (Lipinski definition) is 4. The van der Waals surface area contributed by atoms with Crippen molar-refractivity contribution in [3.8, 4) is 5.69 Å². The fourth-order valence-electron chi connectivity index (χ4n) is 1.72. The number of carbonyl (C=O) groups is 1. The zero-order valence-electron chi connectivity index (χ0n) is 12.1. The Morgan fingerprint density at radius 3 is 2.80 bits per heavy atom. The number of aryl methyl sites for hydroxylation is 2. The molecule has 0 saturated heterocycles. The second-order valence-electron chi connectivity index (χ2n) is 4.85. The normalized spacial score (nSPS) is 10.6. The van der Waals surface area contributed by atoms with Crippen molar-refractivity contribution in [3.63, 3.8) is 0 Å². The lowest BCUT2D eigenvalue weighted by Crippen LogP contribution is -2.23. The molecule has 1 amide bonds. The summed E-state index contributed by atoms with van der Waals surface area (Å²) in [6.07, 6.45) is 1.68. The third kappa shape index (κ3) is 3.19. The molecule has 1 aromatic heterocycles. The van der Waals surface area contributed by atoms with E-state index in [1.807, 2.05) is 11.5 Å². The molecule has 0 fully saturated rings. The lowest BCUT2D eigenvalue weighted by Gasteiger charge is -2.12. The van der Waals surface area contributed by atoms with Crippen LogP contribution in [0.25, 0.3) is 5.69 Å². The minimum Gasteiger partial charge on any atom is -0.348 e.